The van der Waals surface area contributed by atoms with Crippen molar-refractivity contribution in [2.24, 2.45) is 5.41 Å². The van der Waals surface area contributed by atoms with Crippen LogP contribution in [0.5, 0.6) is 0 Å². The molecule has 0 saturated heterocycles. The van der Waals surface area contributed by atoms with E-state index in [-0.39, 0.29) is 5.41 Å². The first-order valence-electron chi connectivity index (χ1n) is 5.93. The summed E-state index contributed by atoms with van der Waals surface area (Å²) < 4.78 is 0. The fraction of sp³-hybridized carbons (Fsp3) is 0.571. The van der Waals surface area contributed by atoms with Gasteiger partial charge in [0.25, 0.3) is 0 Å². The van der Waals surface area contributed by atoms with E-state index in [2.05, 4.69) is 50.0 Å². The van der Waals surface area contributed by atoms with Crippen molar-refractivity contribution in [1.82, 2.24) is 4.90 Å². The van der Waals surface area contributed by atoms with Crippen molar-refractivity contribution in [3.8, 4) is 0 Å². The summed E-state index contributed by atoms with van der Waals surface area (Å²) >= 11 is 0. The lowest BCUT2D eigenvalue weighted by molar-refractivity contribution is 0.305. The summed E-state index contributed by atoms with van der Waals surface area (Å²) in [5.41, 5.74) is 3.28. The Kier molecular flexibility index (Phi) is 2.83. The van der Waals surface area contributed by atoms with Gasteiger partial charge in [0.05, 0.1) is 0 Å². The molecule has 0 unspecified atom stereocenters. The number of hydrogen-bond donors (Lipinski definition) is 0. The molecule has 1 aliphatic carbocycles. The van der Waals surface area contributed by atoms with Crippen molar-refractivity contribution >= 4 is 0 Å². The molecule has 1 heteroatoms. The van der Waals surface area contributed by atoms with Crippen molar-refractivity contribution in [3.63, 3.8) is 0 Å². The molecule has 1 heterocycles. The van der Waals surface area contributed by atoms with Crippen molar-refractivity contribution in [2.75, 3.05) is 19.6 Å². The summed E-state index contributed by atoms with van der Waals surface area (Å²) in [6.45, 7) is 10.3. The van der Waals surface area contributed by atoms with Gasteiger partial charge in [0.2, 0.25) is 0 Å². The summed E-state index contributed by atoms with van der Waals surface area (Å²) in [5.74, 6) is 0. The van der Waals surface area contributed by atoms with Gasteiger partial charge < -0.3 is 0 Å². The maximum absolute atomic E-state index is 2.51. The number of likely N-dealkylation sites (N-methyl/N-ethyl adjacent to an activating group) is 1. The molecule has 0 amide bonds. The van der Waals surface area contributed by atoms with Crippen LogP contribution in [0.4, 0.5) is 0 Å². The molecule has 1 nitrogen and oxygen atoms in total. The second-order valence-electron chi connectivity index (χ2n) is 5.16. The van der Waals surface area contributed by atoms with E-state index < -0.39 is 0 Å². The van der Waals surface area contributed by atoms with Crippen LogP contribution in [0.1, 0.15) is 27.2 Å². The Morgan fingerprint density at radius 3 is 2.53 bits per heavy atom. The number of nitrogens with zero attached hydrogens (tertiary/aromatic N) is 1. The lowest BCUT2D eigenvalue weighted by atomic mass is 9.93. The lowest BCUT2D eigenvalue weighted by Gasteiger charge is -2.27. The molecule has 1 aliphatic heterocycles. The highest BCUT2D eigenvalue weighted by molar-refractivity contribution is 5.40. The van der Waals surface area contributed by atoms with Crippen molar-refractivity contribution in [2.45, 2.75) is 27.2 Å². The Balaban J connectivity index is 2.23. The smallest absolute Gasteiger partial charge is 0.0236 e. The molecule has 0 fully saturated rings. The second kappa shape index (κ2) is 3.97. The lowest BCUT2D eigenvalue weighted by Crippen LogP contribution is -2.30. The number of hydrogen-bond acceptors (Lipinski definition) is 1. The maximum atomic E-state index is 2.51. The van der Waals surface area contributed by atoms with Crippen molar-refractivity contribution in [3.05, 3.63) is 35.5 Å². The molecular formula is C14H21N. The molecular weight excluding hydrogens is 182 g/mol. The Labute approximate surface area is 93.2 Å². The highest BCUT2D eigenvalue weighted by atomic mass is 15.1. The highest BCUT2D eigenvalue weighted by Crippen LogP contribution is 2.29. The molecule has 0 aromatic rings. The Hall–Kier alpha value is -0.820. The van der Waals surface area contributed by atoms with E-state index in [0.717, 1.165) is 13.1 Å². The van der Waals surface area contributed by atoms with Crippen LogP contribution in [0.25, 0.3) is 0 Å². The van der Waals surface area contributed by atoms with Crippen LogP contribution in [0.2, 0.25) is 0 Å². The zero-order chi connectivity index (χ0) is 10.9. The van der Waals surface area contributed by atoms with E-state index in [1.165, 1.54) is 18.5 Å². The number of allylic oxidation sites excluding steroid dienone is 3. The predicted molar refractivity (Wildman–Crippen MR) is 65.8 cm³/mol. The zero-order valence-electron chi connectivity index (χ0n) is 10.1. The van der Waals surface area contributed by atoms with Crippen LogP contribution < -0.4 is 0 Å². The van der Waals surface area contributed by atoms with Gasteiger partial charge in [-0.05, 0) is 24.1 Å². The molecule has 82 valence electrons. The van der Waals surface area contributed by atoms with Crippen LogP contribution in [-0.2, 0) is 0 Å². The van der Waals surface area contributed by atoms with Gasteiger partial charge in [0.1, 0.15) is 0 Å². The zero-order valence-corrected chi connectivity index (χ0v) is 10.1. The van der Waals surface area contributed by atoms with Gasteiger partial charge in [-0.2, -0.15) is 0 Å². The molecule has 0 atom stereocenters. The molecule has 0 N–H and O–H groups in total. The summed E-state index contributed by atoms with van der Waals surface area (Å²) in [5, 5.41) is 0. The van der Waals surface area contributed by atoms with Crippen LogP contribution in [-0.4, -0.2) is 24.5 Å². The monoisotopic (exact) mass is 203 g/mol. The van der Waals surface area contributed by atoms with Crippen LogP contribution in [0.15, 0.2) is 35.5 Å². The van der Waals surface area contributed by atoms with Crippen LogP contribution in [0.3, 0.4) is 0 Å². The highest BCUT2D eigenvalue weighted by Gasteiger charge is 2.18. The van der Waals surface area contributed by atoms with Gasteiger partial charge in [-0.25, -0.2) is 0 Å². The van der Waals surface area contributed by atoms with Gasteiger partial charge in [0, 0.05) is 18.5 Å². The second-order valence-corrected chi connectivity index (χ2v) is 5.16. The van der Waals surface area contributed by atoms with E-state index in [1.807, 2.05) is 0 Å². The average Bonchev–Trinajstić information content (AvgIpc) is 2.38. The standard InChI is InChI=1S/C14H21N/c1-4-15-10-7-12-5-8-14(2,3)9-6-13(12)11-15/h5-6,8-9H,4,7,10-11H2,1-3H3. The maximum Gasteiger partial charge on any atom is 0.0236 e. The SMILES string of the molecule is CCN1CCC2=C(C=CC(C)(C)C=C2)C1. The summed E-state index contributed by atoms with van der Waals surface area (Å²) in [4.78, 5) is 2.51. The minimum absolute atomic E-state index is 0.217. The first kappa shape index (κ1) is 10.7. The summed E-state index contributed by atoms with van der Waals surface area (Å²) in [7, 11) is 0. The molecule has 0 bridgehead atoms. The third-order valence-corrected chi connectivity index (χ3v) is 3.38. The average molecular weight is 203 g/mol. The molecule has 0 saturated carbocycles. The predicted octanol–water partition coefficient (Wildman–Crippen LogP) is 3.16. The quantitative estimate of drug-likeness (QED) is 0.633. The molecule has 2 aliphatic rings. The van der Waals surface area contributed by atoms with Crippen LogP contribution >= 0.6 is 0 Å². The molecule has 2 rings (SSSR count). The van der Waals surface area contributed by atoms with Gasteiger partial charge in [-0.3, -0.25) is 4.90 Å². The van der Waals surface area contributed by atoms with Crippen molar-refractivity contribution in [1.29, 1.82) is 0 Å². The molecule has 0 aromatic heterocycles. The Bertz CT molecular complexity index is 331. The van der Waals surface area contributed by atoms with Gasteiger partial charge in [0.15, 0.2) is 0 Å². The fourth-order valence-corrected chi connectivity index (χ4v) is 2.17. The summed E-state index contributed by atoms with van der Waals surface area (Å²) in [6, 6.07) is 0. The van der Waals surface area contributed by atoms with Gasteiger partial charge in [-0.1, -0.05) is 45.1 Å². The molecule has 0 radical (unpaired) electrons. The number of rotatable bonds is 1. The Morgan fingerprint density at radius 1 is 1.20 bits per heavy atom. The van der Waals surface area contributed by atoms with E-state index in [4.69, 9.17) is 0 Å². The molecule has 15 heavy (non-hydrogen) atoms. The Morgan fingerprint density at radius 2 is 1.87 bits per heavy atom. The third kappa shape index (κ3) is 2.40. The van der Waals surface area contributed by atoms with E-state index >= 15 is 0 Å². The van der Waals surface area contributed by atoms with E-state index in [0.29, 0.717) is 0 Å². The normalized spacial score (nSPS) is 25.3. The molecule has 0 spiro atoms. The van der Waals surface area contributed by atoms with Crippen LogP contribution in [0, 0.1) is 5.41 Å². The summed E-state index contributed by atoms with van der Waals surface area (Å²) in [6.07, 6.45) is 10.5. The van der Waals surface area contributed by atoms with Gasteiger partial charge >= 0.3 is 0 Å². The first-order chi connectivity index (χ1) is 7.11. The molecule has 0 aromatic carbocycles. The fourth-order valence-electron chi connectivity index (χ4n) is 2.17. The van der Waals surface area contributed by atoms with E-state index in [9.17, 15) is 0 Å². The van der Waals surface area contributed by atoms with Crippen molar-refractivity contribution < 1.29 is 0 Å². The third-order valence-electron chi connectivity index (χ3n) is 3.38. The first-order valence-corrected chi connectivity index (χ1v) is 5.93. The largest absolute Gasteiger partial charge is 0.299 e. The van der Waals surface area contributed by atoms with E-state index in [1.54, 1.807) is 5.57 Å². The minimum Gasteiger partial charge on any atom is -0.299 e. The minimum atomic E-state index is 0.217. The van der Waals surface area contributed by atoms with Gasteiger partial charge in [-0.15, -0.1) is 0 Å². The topological polar surface area (TPSA) is 3.24 Å².